The van der Waals surface area contributed by atoms with Crippen molar-refractivity contribution >= 4 is 27.2 Å². The topological polar surface area (TPSA) is 28.1 Å². The molecule has 4 fully saturated rings. The first-order chi connectivity index (χ1) is 35.1. The zero-order valence-electron chi connectivity index (χ0n) is 39.4. The minimum atomic E-state index is -0.497. The molecule has 1 spiro atoms. The van der Waals surface area contributed by atoms with E-state index in [1.54, 1.807) is 0 Å². The first-order valence-electron chi connectivity index (χ1n) is 25.6. The van der Waals surface area contributed by atoms with Crippen molar-refractivity contribution in [1.29, 1.82) is 5.26 Å². The van der Waals surface area contributed by atoms with Crippen LogP contribution in [0.3, 0.4) is 0 Å². The van der Waals surface area contributed by atoms with Gasteiger partial charge in [0.2, 0.25) is 0 Å². The Bertz CT molecular complexity index is 3830. The van der Waals surface area contributed by atoms with Gasteiger partial charge < -0.3 is 0 Å². The molecule has 6 aliphatic carbocycles. The van der Waals surface area contributed by atoms with Crippen molar-refractivity contribution in [2.75, 3.05) is 0 Å². The molecule has 0 saturated heterocycles. The summed E-state index contributed by atoms with van der Waals surface area (Å²) < 4.78 is 0. The molecule has 10 aromatic carbocycles. The Morgan fingerprint density at radius 2 is 0.944 bits per heavy atom. The van der Waals surface area contributed by atoms with Crippen LogP contribution in [-0.2, 0) is 10.8 Å². The molecule has 0 unspecified atom stereocenters. The molecule has 0 atom stereocenters. The molecule has 4 saturated carbocycles. The lowest BCUT2D eigenvalue weighted by molar-refractivity contribution is -0.0399. The molecule has 10 aromatic rings. The lowest BCUT2D eigenvalue weighted by atomic mass is 9.43. The van der Waals surface area contributed by atoms with E-state index in [9.17, 15) is 5.26 Å². The fourth-order valence-electron chi connectivity index (χ4n) is 15.9. The zero-order valence-corrected chi connectivity index (χ0v) is 39.4. The molecule has 4 bridgehead atoms. The maximum Gasteiger partial charge on any atom is 0.187 e. The second-order valence-corrected chi connectivity index (χ2v) is 21.2. The summed E-state index contributed by atoms with van der Waals surface area (Å²) in [6, 6.07) is 78.9. The SMILES string of the molecule is [C-]#[N+]c1ccc2c(c1)-c1cc(-c3ccc(-c4c5ccccc5c(-c5cccc6c5-c5ccccc5C6(c5ccccc5)c5ccccc5)c5ccccc45)cc3)c(C#N)cc1C21C2CC3CC(C2)CC1C3. The van der Waals surface area contributed by atoms with E-state index in [1.807, 2.05) is 6.07 Å². The quantitative estimate of drug-likeness (QED) is 0.125. The van der Waals surface area contributed by atoms with Gasteiger partial charge in [0.05, 0.1) is 23.6 Å². The van der Waals surface area contributed by atoms with Crippen LogP contribution in [0.15, 0.2) is 206 Å². The van der Waals surface area contributed by atoms with Crippen LogP contribution in [0.2, 0.25) is 0 Å². The van der Waals surface area contributed by atoms with Crippen molar-refractivity contribution in [3.63, 3.8) is 0 Å². The highest BCUT2D eigenvalue weighted by atomic mass is 14.7. The molecule has 6 aliphatic rings. The summed E-state index contributed by atoms with van der Waals surface area (Å²) in [6.45, 7) is 7.98. The fourth-order valence-corrected chi connectivity index (χ4v) is 15.9. The Kier molecular flexibility index (Phi) is 8.63. The summed E-state index contributed by atoms with van der Waals surface area (Å²) in [5.74, 6) is 2.82. The molecule has 334 valence electrons. The average molecular weight is 905 g/mol. The van der Waals surface area contributed by atoms with Crippen LogP contribution in [0.1, 0.15) is 71.0 Å². The van der Waals surface area contributed by atoms with Crippen LogP contribution in [0.4, 0.5) is 5.69 Å². The number of benzene rings is 10. The monoisotopic (exact) mass is 904 g/mol. The molecule has 16 rings (SSSR count). The van der Waals surface area contributed by atoms with E-state index in [0.29, 0.717) is 17.5 Å². The van der Waals surface area contributed by atoms with Crippen molar-refractivity contribution in [2.45, 2.75) is 42.9 Å². The minimum Gasteiger partial charge on any atom is -0.238 e. The maximum atomic E-state index is 11.0. The Balaban J connectivity index is 0.903. The van der Waals surface area contributed by atoms with E-state index >= 15 is 0 Å². The second kappa shape index (κ2) is 15.1. The molecular formula is C69H48N2. The summed E-state index contributed by atoms with van der Waals surface area (Å²) >= 11 is 0. The van der Waals surface area contributed by atoms with Gasteiger partial charge in [-0.2, -0.15) is 5.26 Å². The highest BCUT2D eigenvalue weighted by molar-refractivity contribution is 6.23. The van der Waals surface area contributed by atoms with Gasteiger partial charge in [-0.05, 0) is 179 Å². The lowest BCUT2D eigenvalue weighted by Crippen LogP contribution is -2.55. The highest BCUT2D eigenvalue weighted by Gasteiger charge is 2.61. The first-order valence-corrected chi connectivity index (χ1v) is 25.6. The summed E-state index contributed by atoms with van der Waals surface area (Å²) in [5, 5.41) is 15.9. The third kappa shape index (κ3) is 5.41. The molecular weight excluding hydrogens is 857 g/mol. The number of nitriles is 1. The Morgan fingerprint density at radius 3 is 1.56 bits per heavy atom. The number of hydrogen-bond acceptors (Lipinski definition) is 1. The molecule has 0 amide bonds. The van der Waals surface area contributed by atoms with Crippen LogP contribution in [-0.4, -0.2) is 0 Å². The van der Waals surface area contributed by atoms with E-state index in [0.717, 1.165) is 34.1 Å². The van der Waals surface area contributed by atoms with Gasteiger partial charge in [0.1, 0.15) is 0 Å². The van der Waals surface area contributed by atoms with Crippen molar-refractivity contribution in [3.8, 4) is 61.7 Å². The van der Waals surface area contributed by atoms with Gasteiger partial charge in [-0.3, -0.25) is 0 Å². The van der Waals surface area contributed by atoms with Crippen LogP contribution in [0.25, 0.3) is 82.0 Å². The van der Waals surface area contributed by atoms with Gasteiger partial charge in [-0.15, -0.1) is 0 Å². The Morgan fingerprint density at radius 1 is 0.408 bits per heavy atom. The van der Waals surface area contributed by atoms with Crippen molar-refractivity contribution in [3.05, 3.63) is 257 Å². The van der Waals surface area contributed by atoms with Gasteiger partial charge in [0.25, 0.3) is 0 Å². The van der Waals surface area contributed by atoms with Gasteiger partial charge >= 0.3 is 0 Å². The molecule has 0 heterocycles. The van der Waals surface area contributed by atoms with Gasteiger partial charge in [-0.25, -0.2) is 4.85 Å². The minimum absolute atomic E-state index is 0.0724. The van der Waals surface area contributed by atoms with Crippen LogP contribution in [0.5, 0.6) is 0 Å². The predicted molar refractivity (Wildman–Crippen MR) is 289 cm³/mol. The van der Waals surface area contributed by atoms with Gasteiger partial charge in [0.15, 0.2) is 5.69 Å². The first kappa shape index (κ1) is 40.6. The molecule has 0 N–H and O–H groups in total. The molecule has 2 nitrogen and oxygen atoms in total. The van der Waals surface area contributed by atoms with E-state index in [1.165, 1.54) is 126 Å². The van der Waals surface area contributed by atoms with Crippen molar-refractivity contribution < 1.29 is 0 Å². The van der Waals surface area contributed by atoms with E-state index in [-0.39, 0.29) is 5.41 Å². The predicted octanol–water partition coefficient (Wildman–Crippen LogP) is 17.5. The van der Waals surface area contributed by atoms with E-state index in [2.05, 4.69) is 211 Å². The van der Waals surface area contributed by atoms with E-state index in [4.69, 9.17) is 6.57 Å². The van der Waals surface area contributed by atoms with Crippen molar-refractivity contribution in [2.24, 2.45) is 23.7 Å². The molecule has 0 radical (unpaired) electrons. The summed E-state index contributed by atoms with van der Waals surface area (Å²) in [7, 11) is 0. The third-order valence-corrected chi connectivity index (χ3v) is 18.2. The fraction of sp³-hybridized carbons (Fsp3) is 0.159. The van der Waals surface area contributed by atoms with Gasteiger partial charge in [0, 0.05) is 11.0 Å². The standard InChI is InChI=1S/C69H48N2/c1-71-51-31-32-62-59(39-51)60-40-58(46(41-70)38-64(60)69(62)49-34-42-33-43(36-49)37-50(69)35-42)44-27-29-45(30-28-44)65-52-19-8-10-21-54(52)66(55-22-11-9-20-53(55)65)57-24-14-26-63-67(57)56-23-12-13-25-61(56)68(63,47-15-4-2-5-16-47)48-17-6-3-7-18-48/h2-32,38-40,42-43,49-50H,33-37H2. The van der Waals surface area contributed by atoms with Crippen molar-refractivity contribution in [1.82, 2.24) is 0 Å². The highest BCUT2D eigenvalue weighted by Crippen LogP contribution is 2.70. The molecule has 2 heteroatoms. The molecule has 71 heavy (non-hydrogen) atoms. The van der Waals surface area contributed by atoms with Crippen LogP contribution in [0, 0.1) is 41.6 Å². The second-order valence-electron chi connectivity index (χ2n) is 21.2. The normalized spacial score (nSPS) is 21.4. The summed E-state index contributed by atoms with van der Waals surface area (Å²) in [5.41, 5.74) is 20.5. The number of nitrogens with zero attached hydrogens (tertiary/aromatic N) is 2. The molecule has 0 aliphatic heterocycles. The zero-order chi connectivity index (χ0) is 47.0. The number of rotatable bonds is 5. The Labute approximate surface area is 415 Å². The summed E-state index contributed by atoms with van der Waals surface area (Å²) in [4.78, 5) is 3.91. The van der Waals surface area contributed by atoms with E-state index < -0.39 is 5.41 Å². The summed E-state index contributed by atoms with van der Waals surface area (Å²) in [6.07, 6.45) is 6.49. The van der Waals surface area contributed by atoms with Gasteiger partial charge in [-0.1, -0.05) is 188 Å². The third-order valence-electron chi connectivity index (χ3n) is 18.2. The lowest BCUT2D eigenvalue weighted by Gasteiger charge is -2.61. The molecule has 0 aromatic heterocycles. The van der Waals surface area contributed by atoms with Crippen LogP contribution < -0.4 is 0 Å². The largest absolute Gasteiger partial charge is 0.238 e. The number of hydrogen-bond donors (Lipinski definition) is 0. The Hall–Kier alpha value is -8.30. The smallest absolute Gasteiger partial charge is 0.187 e. The average Bonchev–Trinajstić information content (AvgIpc) is 3.90. The number of fused-ring (bicyclic) bond motifs is 8. The maximum absolute atomic E-state index is 11.0. The van der Waals surface area contributed by atoms with Crippen LogP contribution >= 0.6 is 0 Å².